The molecule has 0 saturated heterocycles. The van der Waals surface area contributed by atoms with E-state index in [-0.39, 0.29) is 11.3 Å². The van der Waals surface area contributed by atoms with Gasteiger partial charge in [-0.05, 0) is 25.2 Å². The number of carboxylic acids is 1. The maximum Gasteiger partial charge on any atom is 0.342 e. The summed E-state index contributed by atoms with van der Waals surface area (Å²) in [4.78, 5) is 10.7. The van der Waals surface area contributed by atoms with Crippen LogP contribution in [0.4, 0.5) is 0 Å². The lowest BCUT2D eigenvalue weighted by Gasteiger charge is -2.01. The van der Waals surface area contributed by atoms with Crippen molar-refractivity contribution >= 4 is 11.7 Å². The number of nitrogens with two attached hydrogens (primary N) is 1. The SMILES string of the molecule is C[NH2+]/C=C(\C(=N)CC1CC1)C(=O)O. The molecule has 0 aliphatic heterocycles. The molecular formula is C9H15N2O2+. The Morgan fingerprint density at radius 2 is 2.31 bits per heavy atom. The number of nitrogens with one attached hydrogen (secondary N) is 1. The van der Waals surface area contributed by atoms with Crippen LogP contribution in [0.3, 0.4) is 0 Å². The normalized spacial score (nSPS) is 17.2. The summed E-state index contributed by atoms with van der Waals surface area (Å²) in [7, 11) is 1.76. The highest BCUT2D eigenvalue weighted by Crippen LogP contribution is 2.33. The minimum absolute atomic E-state index is 0.134. The van der Waals surface area contributed by atoms with Crippen molar-refractivity contribution in [3.8, 4) is 0 Å². The van der Waals surface area contributed by atoms with Crippen molar-refractivity contribution in [2.75, 3.05) is 7.05 Å². The van der Waals surface area contributed by atoms with Gasteiger partial charge in [-0.25, -0.2) is 4.79 Å². The van der Waals surface area contributed by atoms with Gasteiger partial charge in [0.15, 0.2) is 0 Å². The molecule has 0 spiro atoms. The summed E-state index contributed by atoms with van der Waals surface area (Å²) in [6.45, 7) is 0. The molecule has 0 aromatic rings. The van der Waals surface area contributed by atoms with Crippen LogP contribution in [0.2, 0.25) is 0 Å². The maximum absolute atomic E-state index is 10.7. The average molecular weight is 183 g/mol. The first-order valence-electron chi connectivity index (χ1n) is 4.46. The Hall–Kier alpha value is -1.16. The Morgan fingerprint density at radius 1 is 1.69 bits per heavy atom. The van der Waals surface area contributed by atoms with Gasteiger partial charge in [-0.3, -0.25) is 0 Å². The van der Waals surface area contributed by atoms with Crippen LogP contribution in [-0.2, 0) is 4.79 Å². The molecule has 4 heteroatoms. The Bertz CT molecular complexity index is 254. The smallest absolute Gasteiger partial charge is 0.342 e. The van der Waals surface area contributed by atoms with Gasteiger partial charge in [0.1, 0.15) is 11.8 Å². The third-order valence-electron chi connectivity index (χ3n) is 2.08. The second-order valence-corrected chi connectivity index (χ2v) is 3.34. The topological polar surface area (TPSA) is 77.8 Å². The van der Waals surface area contributed by atoms with Crippen molar-refractivity contribution in [2.45, 2.75) is 19.3 Å². The van der Waals surface area contributed by atoms with Crippen LogP contribution in [0.5, 0.6) is 0 Å². The predicted octanol–water partition coefficient (Wildman–Crippen LogP) is -0.0320. The second kappa shape index (κ2) is 4.18. The minimum Gasteiger partial charge on any atom is -0.477 e. The summed E-state index contributed by atoms with van der Waals surface area (Å²) in [5.74, 6) is -0.434. The van der Waals surface area contributed by atoms with E-state index in [2.05, 4.69) is 0 Å². The number of rotatable bonds is 5. The summed E-state index contributed by atoms with van der Waals surface area (Å²) in [5.41, 5.74) is 0.391. The van der Waals surface area contributed by atoms with Gasteiger partial charge in [0.25, 0.3) is 0 Å². The molecule has 1 fully saturated rings. The van der Waals surface area contributed by atoms with Gasteiger partial charge in [0.05, 0.1) is 12.8 Å². The number of quaternary nitrogens is 1. The van der Waals surface area contributed by atoms with Crippen molar-refractivity contribution in [3.63, 3.8) is 0 Å². The molecule has 0 amide bonds. The Kier molecular flexibility index (Phi) is 3.19. The molecule has 0 bridgehead atoms. The van der Waals surface area contributed by atoms with Gasteiger partial charge < -0.3 is 15.8 Å². The highest BCUT2D eigenvalue weighted by atomic mass is 16.4. The van der Waals surface area contributed by atoms with Gasteiger partial charge in [-0.15, -0.1) is 0 Å². The summed E-state index contributed by atoms with van der Waals surface area (Å²) in [6.07, 6.45) is 4.40. The van der Waals surface area contributed by atoms with Gasteiger partial charge >= 0.3 is 5.97 Å². The fourth-order valence-electron chi connectivity index (χ4n) is 1.19. The van der Waals surface area contributed by atoms with Gasteiger partial charge in [-0.2, -0.15) is 0 Å². The first kappa shape index (κ1) is 9.92. The zero-order chi connectivity index (χ0) is 9.84. The average Bonchev–Trinajstić information content (AvgIpc) is 2.83. The van der Waals surface area contributed by atoms with Crippen LogP contribution >= 0.6 is 0 Å². The fourth-order valence-corrected chi connectivity index (χ4v) is 1.19. The number of carbonyl (C=O) groups is 1. The van der Waals surface area contributed by atoms with Crippen LogP contribution in [0.15, 0.2) is 11.8 Å². The maximum atomic E-state index is 10.7. The quantitative estimate of drug-likeness (QED) is 0.413. The van der Waals surface area contributed by atoms with Crippen molar-refractivity contribution < 1.29 is 15.2 Å². The Balaban J connectivity index is 2.57. The molecule has 13 heavy (non-hydrogen) atoms. The van der Waals surface area contributed by atoms with Crippen molar-refractivity contribution in [1.29, 1.82) is 5.41 Å². The van der Waals surface area contributed by atoms with Crippen molar-refractivity contribution in [3.05, 3.63) is 11.8 Å². The van der Waals surface area contributed by atoms with E-state index in [1.807, 2.05) is 0 Å². The molecule has 0 unspecified atom stereocenters. The van der Waals surface area contributed by atoms with Gasteiger partial charge in [-0.1, -0.05) is 0 Å². The standard InChI is InChI=1S/C9H14N2O2/c1-11-5-7(9(12)13)8(10)4-6-2-3-6/h5-6,10-11H,2-4H2,1H3,(H,12,13)/p+1/b7-5+,10-8?. The van der Waals surface area contributed by atoms with Crippen LogP contribution < -0.4 is 5.32 Å². The number of hydrogen-bond donors (Lipinski definition) is 3. The number of aliphatic carboxylic acids is 1. The largest absolute Gasteiger partial charge is 0.477 e. The lowest BCUT2D eigenvalue weighted by atomic mass is 10.1. The monoisotopic (exact) mass is 183 g/mol. The zero-order valence-corrected chi connectivity index (χ0v) is 7.71. The van der Waals surface area contributed by atoms with E-state index in [0.29, 0.717) is 12.3 Å². The molecule has 0 aromatic heterocycles. The predicted molar refractivity (Wildman–Crippen MR) is 48.6 cm³/mol. The highest BCUT2D eigenvalue weighted by molar-refractivity contribution is 6.17. The molecule has 0 atom stereocenters. The molecule has 72 valence electrons. The molecule has 4 N–H and O–H groups in total. The second-order valence-electron chi connectivity index (χ2n) is 3.34. The van der Waals surface area contributed by atoms with Crippen molar-refractivity contribution in [1.82, 2.24) is 0 Å². The van der Waals surface area contributed by atoms with Crippen LogP contribution in [-0.4, -0.2) is 23.8 Å². The third kappa shape index (κ3) is 2.99. The molecule has 1 rings (SSSR count). The summed E-state index contributed by atoms with van der Waals surface area (Å²) in [6, 6.07) is 0. The van der Waals surface area contributed by atoms with E-state index < -0.39 is 5.97 Å². The first-order valence-corrected chi connectivity index (χ1v) is 4.46. The van der Waals surface area contributed by atoms with Crippen LogP contribution in [0.1, 0.15) is 19.3 Å². The lowest BCUT2D eigenvalue weighted by molar-refractivity contribution is -0.556. The van der Waals surface area contributed by atoms with E-state index in [1.54, 1.807) is 12.4 Å². The molecule has 0 aromatic carbocycles. The number of carboxylic acid groups (broad SMARTS) is 1. The molecule has 1 aliphatic rings. The fraction of sp³-hybridized carbons (Fsp3) is 0.556. The summed E-state index contributed by atoms with van der Waals surface area (Å²) < 4.78 is 0. The number of hydrogen-bond acceptors (Lipinski definition) is 2. The van der Waals surface area contributed by atoms with E-state index >= 15 is 0 Å². The lowest BCUT2D eigenvalue weighted by Crippen LogP contribution is -2.73. The molecule has 4 nitrogen and oxygen atoms in total. The van der Waals surface area contributed by atoms with E-state index in [9.17, 15) is 4.79 Å². The van der Waals surface area contributed by atoms with Crippen LogP contribution in [0, 0.1) is 11.3 Å². The molecule has 0 heterocycles. The van der Waals surface area contributed by atoms with E-state index in [4.69, 9.17) is 10.5 Å². The molecule has 0 radical (unpaired) electrons. The van der Waals surface area contributed by atoms with Crippen LogP contribution in [0.25, 0.3) is 0 Å². The van der Waals surface area contributed by atoms with Crippen molar-refractivity contribution in [2.24, 2.45) is 5.92 Å². The van der Waals surface area contributed by atoms with Gasteiger partial charge in [0, 0.05) is 0 Å². The molecular weight excluding hydrogens is 168 g/mol. The Labute approximate surface area is 77.2 Å². The van der Waals surface area contributed by atoms with Gasteiger partial charge in [0.2, 0.25) is 0 Å². The molecule has 1 saturated carbocycles. The van der Waals surface area contributed by atoms with E-state index in [0.717, 1.165) is 12.8 Å². The summed E-state index contributed by atoms with van der Waals surface area (Å²) in [5, 5.41) is 18.0. The minimum atomic E-state index is -0.997. The third-order valence-corrected chi connectivity index (χ3v) is 2.08. The van der Waals surface area contributed by atoms with E-state index in [1.165, 1.54) is 6.20 Å². The molecule has 1 aliphatic carbocycles. The zero-order valence-electron chi connectivity index (χ0n) is 7.71. The Morgan fingerprint density at radius 3 is 2.69 bits per heavy atom. The highest BCUT2D eigenvalue weighted by Gasteiger charge is 2.26. The first-order chi connectivity index (χ1) is 6.15. The summed E-state index contributed by atoms with van der Waals surface area (Å²) >= 11 is 0.